The molecule has 0 aliphatic carbocycles. The van der Waals surface area contributed by atoms with Crippen LogP contribution in [0.5, 0.6) is 5.75 Å². The zero-order chi connectivity index (χ0) is 29.5. The average molecular weight is 567 g/mol. The van der Waals surface area contributed by atoms with Crippen LogP contribution in [0.15, 0.2) is 105 Å². The van der Waals surface area contributed by atoms with E-state index in [1.807, 2.05) is 55.5 Å². The van der Waals surface area contributed by atoms with Gasteiger partial charge in [0.25, 0.3) is 5.91 Å². The van der Waals surface area contributed by atoms with Gasteiger partial charge in [-0.1, -0.05) is 36.4 Å². The minimum Gasteiger partial charge on any atom is -0.489 e. The summed E-state index contributed by atoms with van der Waals surface area (Å²) in [5.74, 6) is -0.276. The molecule has 0 unspecified atom stereocenters. The largest absolute Gasteiger partial charge is 0.489 e. The van der Waals surface area contributed by atoms with Crippen molar-refractivity contribution in [1.29, 1.82) is 0 Å². The molecule has 2 aromatic heterocycles. The molecule has 10 nitrogen and oxygen atoms in total. The molecule has 5 aromatic rings. The van der Waals surface area contributed by atoms with Crippen molar-refractivity contribution in [2.45, 2.75) is 26.6 Å². The number of carbonyl (C=O) groups excluding carboxylic acids is 1. The number of nitrogens with one attached hydrogen (secondary N) is 1. The van der Waals surface area contributed by atoms with Gasteiger partial charge in [0.15, 0.2) is 0 Å². The number of benzene rings is 3. The predicted octanol–water partition coefficient (Wildman–Crippen LogP) is 3.76. The summed E-state index contributed by atoms with van der Waals surface area (Å²) < 4.78 is 11.7. The van der Waals surface area contributed by atoms with Crippen LogP contribution < -0.4 is 16.2 Å². The predicted molar refractivity (Wildman–Crippen MR) is 156 cm³/mol. The van der Waals surface area contributed by atoms with Gasteiger partial charge in [-0.3, -0.25) is 9.78 Å². The molecule has 0 saturated carbocycles. The first-order chi connectivity index (χ1) is 20.4. The van der Waals surface area contributed by atoms with Gasteiger partial charge in [0, 0.05) is 31.0 Å². The van der Waals surface area contributed by atoms with E-state index in [9.17, 15) is 19.5 Å². The van der Waals surface area contributed by atoms with Crippen molar-refractivity contribution in [2.75, 3.05) is 13.2 Å². The molecule has 0 bridgehead atoms. The van der Waals surface area contributed by atoms with Gasteiger partial charge in [0.1, 0.15) is 12.4 Å². The van der Waals surface area contributed by atoms with E-state index in [1.165, 1.54) is 0 Å². The van der Waals surface area contributed by atoms with Crippen molar-refractivity contribution in [3.63, 3.8) is 0 Å². The van der Waals surface area contributed by atoms with Gasteiger partial charge in [-0.2, -0.15) is 0 Å². The Kier molecular flexibility index (Phi) is 8.74. The lowest BCUT2D eigenvalue weighted by molar-refractivity contribution is 0.0707. The summed E-state index contributed by atoms with van der Waals surface area (Å²) in [6.07, 6.45) is 3.37. The van der Waals surface area contributed by atoms with Crippen LogP contribution in [0.4, 0.5) is 0 Å². The molecule has 0 saturated heterocycles. The van der Waals surface area contributed by atoms with Gasteiger partial charge < -0.3 is 19.3 Å². The maximum Gasteiger partial charge on any atom is 0.440 e. The second kappa shape index (κ2) is 13.0. The highest BCUT2D eigenvalue weighted by Crippen LogP contribution is 2.26. The number of aliphatic hydroxyl groups is 1. The molecule has 5 rings (SSSR count). The number of hydrogen-bond donors (Lipinski definition) is 2. The number of rotatable bonds is 11. The van der Waals surface area contributed by atoms with E-state index in [-0.39, 0.29) is 25.6 Å². The second-order valence-electron chi connectivity index (χ2n) is 9.81. The third-order valence-corrected chi connectivity index (χ3v) is 6.77. The zero-order valence-electron chi connectivity index (χ0n) is 23.0. The number of aliphatic hydroxyl groups excluding tert-OH is 1. The Morgan fingerprint density at radius 2 is 1.76 bits per heavy atom. The van der Waals surface area contributed by atoms with E-state index >= 15 is 0 Å². The minimum atomic E-state index is -0.788. The normalized spacial score (nSPS) is 10.9. The fourth-order valence-electron chi connectivity index (χ4n) is 4.66. The zero-order valence-corrected chi connectivity index (χ0v) is 23.0. The molecule has 0 atom stereocenters. The number of nitrogens with zero attached hydrogens (tertiary/aromatic N) is 3. The van der Waals surface area contributed by atoms with E-state index in [0.29, 0.717) is 24.5 Å². The smallest absolute Gasteiger partial charge is 0.440 e. The Labute approximate surface area is 241 Å². The second-order valence-corrected chi connectivity index (χ2v) is 9.81. The molecule has 0 aliphatic heterocycles. The molecule has 214 valence electrons. The molecule has 2 heterocycles. The molecule has 2 N–H and O–H groups in total. The third kappa shape index (κ3) is 6.91. The summed E-state index contributed by atoms with van der Waals surface area (Å²) in [6.45, 7) is 2.95. The number of hydrogen-bond acceptors (Lipinski definition) is 7. The fourth-order valence-corrected chi connectivity index (χ4v) is 4.66. The van der Waals surface area contributed by atoms with Gasteiger partial charge >= 0.3 is 11.4 Å². The van der Waals surface area contributed by atoms with Crippen LogP contribution in [0.25, 0.3) is 11.1 Å². The molecule has 0 radical (unpaired) electrons. The summed E-state index contributed by atoms with van der Waals surface area (Å²) in [5.41, 5.74) is 5.63. The SMILES string of the molecule is Cc1cc(C(=O)N(CCO)Cc2ccncc2)ccc1-c1cccc(COc2ccc(Cn3oc(=O)[nH]c3=O)cc2)c1. The fraction of sp³-hybridized carbons (Fsp3) is 0.188. The summed E-state index contributed by atoms with van der Waals surface area (Å²) in [7, 11) is 0. The van der Waals surface area contributed by atoms with E-state index < -0.39 is 11.4 Å². The Hall–Kier alpha value is -5.22. The first-order valence-electron chi connectivity index (χ1n) is 13.4. The van der Waals surface area contributed by atoms with Crippen LogP contribution >= 0.6 is 0 Å². The molecular formula is C32H30N4O6. The van der Waals surface area contributed by atoms with Gasteiger partial charge in [-0.25, -0.2) is 14.6 Å². The van der Waals surface area contributed by atoms with Gasteiger partial charge in [0.2, 0.25) is 0 Å². The number of aromatic nitrogens is 3. The maximum atomic E-state index is 13.3. The molecule has 3 aromatic carbocycles. The molecule has 1 amide bonds. The van der Waals surface area contributed by atoms with Gasteiger partial charge in [-0.15, -0.1) is 4.74 Å². The topological polar surface area (TPSA) is 131 Å². The van der Waals surface area contributed by atoms with Crippen LogP contribution in [0, 0.1) is 6.92 Å². The lowest BCUT2D eigenvalue weighted by atomic mass is 9.96. The van der Waals surface area contributed by atoms with Gasteiger partial charge in [0.05, 0.1) is 13.2 Å². The number of aryl methyl sites for hydroxylation is 1. The van der Waals surface area contributed by atoms with E-state index in [1.54, 1.807) is 41.6 Å². The molecule has 42 heavy (non-hydrogen) atoms. The van der Waals surface area contributed by atoms with Gasteiger partial charge in [-0.05, 0) is 82.8 Å². The maximum absolute atomic E-state index is 13.3. The number of H-pyrrole nitrogens is 1. The van der Waals surface area contributed by atoms with Crippen molar-refractivity contribution < 1.29 is 19.2 Å². The Balaban J connectivity index is 1.24. The third-order valence-electron chi connectivity index (χ3n) is 6.77. The van der Waals surface area contributed by atoms with Crippen LogP contribution in [-0.4, -0.2) is 43.8 Å². The number of aromatic amines is 1. The van der Waals surface area contributed by atoms with Crippen molar-refractivity contribution in [3.05, 3.63) is 140 Å². The molecule has 0 spiro atoms. The van der Waals surface area contributed by atoms with Crippen LogP contribution in [0.2, 0.25) is 0 Å². The summed E-state index contributed by atoms with van der Waals surface area (Å²) in [4.78, 5) is 43.8. The molecule has 0 fully saturated rings. The number of amides is 1. The highest BCUT2D eigenvalue weighted by molar-refractivity contribution is 5.95. The van der Waals surface area contributed by atoms with Crippen LogP contribution in [0.1, 0.15) is 32.6 Å². The standard InChI is InChI=1S/C32H30N4O6/c1-22-17-27(30(38)35(15-16-37)19-24-11-13-33-14-12-24)7-10-29(22)26-4-2-3-25(18-26)21-41-28-8-5-23(6-9-28)20-36-31(39)34-32(40)42-36/h2-14,17-18,37H,15-16,19-21H2,1H3,(H,34,39,40). The minimum absolute atomic E-state index is 0.124. The lowest BCUT2D eigenvalue weighted by Crippen LogP contribution is -2.33. The van der Waals surface area contributed by atoms with Crippen molar-refractivity contribution >= 4 is 5.91 Å². The van der Waals surface area contributed by atoms with E-state index in [0.717, 1.165) is 38.1 Å². The highest BCUT2D eigenvalue weighted by atomic mass is 16.5. The average Bonchev–Trinajstić information content (AvgIpc) is 3.32. The van der Waals surface area contributed by atoms with E-state index in [4.69, 9.17) is 9.26 Å². The molecule has 10 heteroatoms. The Morgan fingerprint density at radius 3 is 2.45 bits per heavy atom. The Morgan fingerprint density at radius 1 is 0.976 bits per heavy atom. The summed E-state index contributed by atoms with van der Waals surface area (Å²) in [6, 6.07) is 24.6. The van der Waals surface area contributed by atoms with Crippen LogP contribution in [-0.2, 0) is 19.7 Å². The number of pyridine rings is 1. The molecule has 0 aliphatic rings. The van der Waals surface area contributed by atoms with Crippen molar-refractivity contribution in [3.8, 4) is 16.9 Å². The first-order valence-corrected chi connectivity index (χ1v) is 13.4. The quantitative estimate of drug-likeness (QED) is 0.249. The number of carbonyl (C=O) groups is 1. The molecular weight excluding hydrogens is 536 g/mol. The highest BCUT2D eigenvalue weighted by Gasteiger charge is 2.17. The Bertz CT molecular complexity index is 1770. The van der Waals surface area contributed by atoms with Crippen molar-refractivity contribution in [1.82, 2.24) is 19.6 Å². The number of ether oxygens (including phenoxy) is 1. The van der Waals surface area contributed by atoms with Crippen molar-refractivity contribution in [2.24, 2.45) is 0 Å². The summed E-state index contributed by atoms with van der Waals surface area (Å²) in [5, 5.41) is 9.54. The van der Waals surface area contributed by atoms with E-state index in [2.05, 4.69) is 16.0 Å². The lowest BCUT2D eigenvalue weighted by Gasteiger charge is -2.22. The first kappa shape index (κ1) is 28.3. The van der Waals surface area contributed by atoms with Crippen LogP contribution in [0.3, 0.4) is 0 Å². The summed E-state index contributed by atoms with van der Waals surface area (Å²) >= 11 is 0. The monoisotopic (exact) mass is 566 g/mol.